The molecule has 24 heavy (non-hydrogen) atoms. The Morgan fingerprint density at radius 3 is 2.50 bits per heavy atom. The summed E-state index contributed by atoms with van der Waals surface area (Å²) >= 11 is 3.36. The minimum Gasteiger partial charge on any atom is -0.352 e. The van der Waals surface area contributed by atoms with Gasteiger partial charge in [-0.05, 0) is 41.8 Å². The van der Waals surface area contributed by atoms with E-state index in [-0.39, 0.29) is 12.3 Å². The van der Waals surface area contributed by atoms with Crippen LogP contribution in [0.4, 0.5) is 10.5 Å². The third-order valence-electron chi connectivity index (χ3n) is 3.60. The highest BCUT2D eigenvalue weighted by Crippen LogP contribution is 2.21. The summed E-state index contributed by atoms with van der Waals surface area (Å²) in [5, 5.41) is 5.48. The van der Waals surface area contributed by atoms with E-state index in [1.165, 1.54) is 0 Å². The van der Waals surface area contributed by atoms with Crippen LogP contribution in [0.15, 0.2) is 53.0 Å². The number of carbonyl (C=O) groups is 2. The van der Waals surface area contributed by atoms with E-state index in [4.69, 9.17) is 5.73 Å². The zero-order chi connectivity index (χ0) is 17.5. The smallest absolute Gasteiger partial charge is 0.312 e. The molecule has 0 bridgehead atoms. The van der Waals surface area contributed by atoms with Gasteiger partial charge in [0.2, 0.25) is 5.91 Å². The fourth-order valence-electron chi connectivity index (χ4n) is 2.39. The molecule has 0 aliphatic heterocycles. The van der Waals surface area contributed by atoms with Crippen molar-refractivity contribution in [1.29, 1.82) is 0 Å². The van der Waals surface area contributed by atoms with Crippen LogP contribution in [0.5, 0.6) is 0 Å². The highest BCUT2D eigenvalue weighted by atomic mass is 79.9. The van der Waals surface area contributed by atoms with E-state index in [9.17, 15) is 9.59 Å². The van der Waals surface area contributed by atoms with Gasteiger partial charge in [-0.25, -0.2) is 4.79 Å². The van der Waals surface area contributed by atoms with Crippen molar-refractivity contribution < 1.29 is 9.59 Å². The van der Waals surface area contributed by atoms with Crippen LogP contribution >= 0.6 is 15.9 Å². The van der Waals surface area contributed by atoms with E-state index in [0.29, 0.717) is 0 Å². The highest BCUT2D eigenvalue weighted by Gasteiger charge is 2.17. The van der Waals surface area contributed by atoms with Crippen LogP contribution in [0.2, 0.25) is 0 Å². The van der Waals surface area contributed by atoms with Gasteiger partial charge in [0.1, 0.15) is 0 Å². The molecular formula is C18H20BrN3O2. The molecule has 2 aromatic carbocycles. The van der Waals surface area contributed by atoms with Gasteiger partial charge in [0.05, 0.1) is 12.5 Å². The molecule has 0 radical (unpaired) electrons. The third kappa shape index (κ3) is 5.38. The highest BCUT2D eigenvalue weighted by molar-refractivity contribution is 9.10. The van der Waals surface area contributed by atoms with Gasteiger partial charge >= 0.3 is 6.03 Å². The standard InChI is InChI=1S/C18H20BrN3O2/c1-2-12-4-3-5-15(10-12)21-17(23)11-16(22-18(20)24)13-6-8-14(19)9-7-13/h3-10,16H,2,11H2,1H3,(H,21,23)(H3,20,22,24). The summed E-state index contributed by atoms with van der Waals surface area (Å²) in [7, 11) is 0. The molecule has 3 amide bonds. The number of benzene rings is 2. The molecule has 0 fully saturated rings. The van der Waals surface area contributed by atoms with Gasteiger partial charge in [-0.15, -0.1) is 0 Å². The predicted molar refractivity (Wildman–Crippen MR) is 98.7 cm³/mol. The molecule has 2 aromatic rings. The molecule has 0 saturated carbocycles. The normalized spacial score (nSPS) is 11.6. The van der Waals surface area contributed by atoms with Crippen LogP contribution in [0.25, 0.3) is 0 Å². The molecule has 2 rings (SSSR count). The van der Waals surface area contributed by atoms with Crippen molar-refractivity contribution in [2.24, 2.45) is 5.73 Å². The Kier molecular flexibility index (Phi) is 6.37. The first-order valence-corrected chi connectivity index (χ1v) is 8.47. The maximum absolute atomic E-state index is 12.3. The van der Waals surface area contributed by atoms with Crippen molar-refractivity contribution in [1.82, 2.24) is 5.32 Å². The van der Waals surface area contributed by atoms with Crippen LogP contribution in [0.1, 0.15) is 30.5 Å². The number of aryl methyl sites for hydroxylation is 1. The van der Waals surface area contributed by atoms with Crippen LogP contribution in [0.3, 0.4) is 0 Å². The molecule has 1 unspecified atom stereocenters. The molecule has 0 spiro atoms. The molecule has 6 heteroatoms. The van der Waals surface area contributed by atoms with Crippen molar-refractivity contribution >= 4 is 33.6 Å². The molecule has 126 valence electrons. The number of primary amides is 1. The fourth-order valence-corrected chi connectivity index (χ4v) is 2.65. The Bertz CT molecular complexity index is 716. The Balaban J connectivity index is 2.08. The number of anilines is 1. The number of hydrogen-bond acceptors (Lipinski definition) is 2. The van der Waals surface area contributed by atoms with E-state index in [1.807, 2.05) is 48.5 Å². The molecule has 5 nitrogen and oxygen atoms in total. The second kappa shape index (κ2) is 8.49. The van der Waals surface area contributed by atoms with Crippen molar-refractivity contribution in [2.45, 2.75) is 25.8 Å². The fraction of sp³-hybridized carbons (Fsp3) is 0.222. The summed E-state index contributed by atoms with van der Waals surface area (Å²) < 4.78 is 0.921. The maximum Gasteiger partial charge on any atom is 0.312 e. The second-order valence-corrected chi connectivity index (χ2v) is 6.33. The van der Waals surface area contributed by atoms with E-state index in [0.717, 1.165) is 27.7 Å². The molecule has 0 aliphatic rings. The third-order valence-corrected chi connectivity index (χ3v) is 4.13. The SMILES string of the molecule is CCc1cccc(NC(=O)CC(NC(N)=O)c2ccc(Br)cc2)c1. The summed E-state index contributed by atoms with van der Waals surface area (Å²) in [6.45, 7) is 2.06. The van der Waals surface area contributed by atoms with Crippen molar-refractivity contribution in [3.63, 3.8) is 0 Å². The van der Waals surface area contributed by atoms with Crippen molar-refractivity contribution in [3.8, 4) is 0 Å². The first kappa shape index (κ1) is 18.0. The zero-order valence-electron chi connectivity index (χ0n) is 13.4. The number of amides is 3. The lowest BCUT2D eigenvalue weighted by Gasteiger charge is -2.18. The van der Waals surface area contributed by atoms with Crippen molar-refractivity contribution in [3.05, 3.63) is 64.1 Å². The predicted octanol–water partition coefficient (Wildman–Crippen LogP) is 3.75. The lowest BCUT2D eigenvalue weighted by molar-refractivity contribution is -0.116. The van der Waals surface area contributed by atoms with Gasteiger partial charge in [-0.3, -0.25) is 4.79 Å². The van der Waals surface area contributed by atoms with E-state index < -0.39 is 12.1 Å². The van der Waals surface area contributed by atoms with E-state index in [1.54, 1.807) is 0 Å². The van der Waals surface area contributed by atoms with E-state index in [2.05, 4.69) is 33.5 Å². The number of halogens is 1. The Morgan fingerprint density at radius 2 is 1.88 bits per heavy atom. The topological polar surface area (TPSA) is 84.2 Å². The number of urea groups is 1. The minimum atomic E-state index is -0.663. The van der Waals surface area contributed by atoms with Gasteiger partial charge in [0, 0.05) is 10.2 Å². The van der Waals surface area contributed by atoms with Gasteiger partial charge in [0.15, 0.2) is 0 Å². The van der Waals surface area contributed by atoms with Gasteiger partial charge < -0.3 is 16.4 Å². The Morgan fingerprint density at radius 1 is 1.17 bits per heavy atom. The second-order valence-electron chi connectivity index (χ2n) is 5.42. The molecule has 0 aromatic heterocycles. The van der Waals surface area contributed by atoms with Crippen LogP contribution < -0.4 is 16.4 Å². The maximum atomic E-state index is 12.3. The van der Waals surface area contributed by atoms with Gasteiger partial charge in [-0.2, -0.15) is 0 Å². The number of rotatable bonds is 6. The minimum absolute atomic E-state index is 0.0981. The summed E-state index contributed by atoms with van der Waals surface area (Å²) in [6.07, 6.45) is 0.995. The van der Waals surface area contributed by atoms with Crippen LogP contribution in [-0.4, -0.2) is 11.9 Å². The Labute approximate surface area is 149 Å². The quantitative estimate of drug-likeness (QED) is 0.702. The molecule has 0 saturated heterocycles. The summed E-state index contributed by atoms with van der Waals surface area (Å²) in [6, 6.07) is 13.9. The summed E-state index contributed by atoms with van der Waals surface area (Å²) in [4.78, 5) is 23.6. The Hall–Kier alpha value is -2.34. The number of hydrogen-bond donors (Lipinski definition) is 3. The summed E-state index contributed by atoms with van der Waals surface area (Å²) in [5.74, 6) is -0.190. The number of nitrogens with two attached hydrogens (primary N) is 1. The first-order valence-electron chi connectivity index (χ1n) is 7.68. The van der Waals surface area contributed by atoms with Crippen LogP contribution in [-0.2, 0) is 11.2 Å². The van der Waals surface area contributed by atoms with E-state index >= 15 is 0 Å². The molecule has 1 atom stereocenters. The van der Waals surface area contributed by atoms with Crippen molar-refractivity contribution in [2.75, 3.05) is 5.32 Å². The zero-order valence-corrected chi connectivity index (χ0v) is 15.0. The van der Waals surface area contributed by atoms with Gasteiger partial charge in [0.25, 0.3) is 0 Å². The average Bonchev–Trinajstić information content (AvgIpc) is 2.54. The number of carbonyl (C=O) groups excluding carboxylic acids is 2. The van der Waals surface area contributed by atoms with Gasteiger partial charge in [-0.1, -0.05) is 47.1 Å². The monoisotopic (exact) mass is 389 g/mol. The molecule has 0 heterocycles. The summed E-state index contributed by atoms with van der Waals surface area (Å²) in [5.41, 5.74) is 7.94. The molecule has 0 aliphatic carbocycles. The molecular weight excluding hydrogens is 370 g/mol. The lowest BCUT2D eigenvalue weighted by Crippen LogP contribution is -2.35. The van der Waals surface area contributed by atoms with Crippen LogP contribution in [0, 0.1) is 0 Å². The average molecular weight is 390 g/mol. The first-order chi connectivity index (χ1) is 11.5. The number of nitrogens with one attached hydrogen (secondary N) is 2. The lowest BCUT2D eigenvalue weighted by atomic mass is 10.0. The largest absolute Gasteiger partial charge is 0.352 e. The molecule has 4 N–H and O–H groups in total.